The minimum absolute atomic E-state index is 0.0319. The Bertz CT molecular complexity index is 991. The van der Waals surface area contributed by atoms with Gasteiger partial charge in [0.2, 0.25) is 0 Å². The summed E-state index contributed by atoms with van der Waals surface area (Å²) < 4.78 is 33.9. The number of carbonyl (C=O) groups excluding carboxylic acids is 1. The summed E-state index contributed by atoms with van der Waals surface area (Å²) in [6, 6.07) is 9.92. The Balaban J connectivity index is 1.83. The largest absolute Gasteiger partial charge is 0.483 e. The maximum Gasteiger partial charge on any atom is 0.254 e. The Hall–Kier alpha value is -2.32. The fraction of sp³-hybridized carbons (Fsp3) is 0.111. The molecule has 3 aromatic rings. The molecule has 8 heteroatoms. The monoisotopic (exact) mass is 438 g/mol. The van der Waals surface area contributed by atoms with Crippen LogP contribution in [0.1, 0.15) is 20.9 Å². The molecule has 0 radical (unpaired) electrons. The Labute approximate surface area is 160 Å². The van der Waals surface area contributed by atoms with Gasteiger partial charge in [-0.3, -0.25) is 4.79 Å². The smallest absolute Gasteiger partial charge is 0.254 e. The average molecular weight is 439 g/mol. The first-order chi connectivity index (χ1) is 12.4. The first-order valence-corrected chi connectivity index (χ1v) is 9.10. The van der Waals surface area contributed by atoms with Crippen LogP contribution in [0.25, 0.3) is 11.3 Å². The first-order valence-electron chi connectivity index (χ1n) is 7.49. The van der Waals surface area contributed by atoms with Crippen LogP contribution in [0.2, 0.25) is 0 Å². The van der Waals surface area contributed by atoms with E-state index in [4.69, 9.17) is 10.5 Å². The van der Waals surface area contributed by atoms with Crippen LogP contribution in [0.3, 0.4) is 0 Å². The number of nitrogens with zero attached hydrogens (tertiary/aromatic N) is 1. The van der Waals surface area contributed by atoms with Gasteiger partial charge < -0.3 is 10.5 Å². The van der Waals surface area contributed by atoms with E-state index in [1.807, 2.05) is 31.2 Å². The van der Waals surface area contributed by atoms with Crippen LogP contribution in [0, 0.1) is 18.6 Å². The number of hydrogen-bond acceptors (Lipinski definition) is 4. The van der Waals surface area contributed by atoms with Crippen LogP contribution in [0.4, 0.5) is 8.78 Å². The van der Waals surface area contributed by atoms with E-state index in [0.717, 1.165) is 32.7 Å². The third-order valence-electron chi connectivity index (χ3n) is 3.57. The van der Waals surface area contributed by atoms with Crippen LogP contribution in [0.15, 0.2) is 40.2 Å². The van der Waals surface area contributed by atoms with Crippen molar-refractivity contribution >= 4 is 33.2 Å². The second kappa shape index (κ2) is 7.51. The van der Waals surface area contributed by atoms with E-state index < -0.39 is 23.1 Å². The summed E-state index contributed by atoms with van der Waals surface area (Å²) in [4.78, 5) is 15.7. The van der Waals surface area contributed by atoms with Crippen LogP contribution >= 0.6 is 27.3 Å². The van der Waals surface area contributed by atoms with Crippen LogP contribution in [0.5, 0.6) is 5.75 Å². The summed E-state index contributed by atoms with van der Waals surface area (Å²) in [6.45, 7) is 1.96. The predicted molar refractivity (Wildman–Crippen MR) is 99.2 cm³/mol. The molecule has 0 saturated heterocycles. The van der Waals surface area contributed by atoms with Gasteiger partial charge in [-0.15, -0.1) is 11.3 Å². The zero-order chi connectivity index (χ0) is 18.8. The van der Waals surface area contributed by atoms with Crippen LogP contribution in [-0.2, 0) is 6.61 Å². The third kappa shape index (κ3) is 3.76. The molecule has 0 fully saturated rings. The standard InChI is InChI=1S/C18H13BrF2N2O2S/c1-9-3-2-4-10(7-9)16-17(19)26-13(23-16)8-25-12-6-5-11(20)14(15(12)21)18(22)24/h2-7H,8H2,1H3,(H2,22,24). The number of ether oxygens (including phenoxy) is 1. The van der Waals surface area contributed by atoms with E-state index in [-0.39, 0.29) is 12.4 Å². The summed E-state index contributed by atoms with van der Waals surface area (Å²) >= 11 is 4.82. The van der Waals surface area contributed by atoms with Crippen molar-refractivity contribution in [2.24, 2.45) is 5.73 Å². The second-order valence-electron chi connectivity index (χ2n) is 5.49. The third-order valence-corrected chi connectivity index (χ3v) is 5.25. The van der Waals surface area contributed by atoms with Crippen LogP contribution < -0.4 is 10.5 Å². The molecular weight excluding hydrogens is 426 g/mol. The number of hydrogen-bond donors (Lipinski definition) is 1. The van der Waals surface area contributed by atoms with Gasteiger partial charge >= 0.3 is 0 Å². The van der Waals surface area contributed by atoms with Crippen molar-refractivity contribution in [2.75, 3.05) is 0 Å². The minimum Gasteiger partial charge on any atom is -0.483 e. The number of aryl methyl sites for hydroxylation is 1. The number of halogens is 3. The van der Waals surface area contributed by atoms with Gasteiger partial charge in [-0.05, 0) is 41.1 Å². The lowest BCUT2D eigenvalue weighted by Gasteiger charge is -2.08. The van der Waals surface area contributed by atoms with Crippen molar-refractivity contribution in [3.05, 3.63) is 68.0 Å². The molecule has 0 aliphatic rings. The summed E-state index contributed by atoms with van der Waals surface area (Å²) in [7, 11) is 0. The number of aromatic nitrogens is 1. The van der Waals surface area contributed by atoms with Gasteiger partial charge in [-0.2, -0.15) is 0 Å². The van der Waals surface area contributed by atoms with E-state index in [9.17, 15) is 13.6 Å². The molecule has 26 heavy (non-hydrogen) atoms. The number of thiazole rings is 1. The van der Waals surface area contributed by atoms with E-state index >= 15 is 0 Å². The zero-order valence-corrected chi connectivity index (χ0v) is 16.0. The van der Waals surface area contributed by atoms with Gasteiger partial charge in [-0.1, -0.05) is 23.8 Å². The topological polar surface area (TPSA) is 65.2 Å². The van der Waals surface area contributed by atoms with Crippen molar-refractivity contribution < 1.29 is 18.3 Å². The van der Waals surface area contributed by atoms with Crippen LogP contribution in [-0.4, -0.2) is 10.9 Å². The second-order valence-corrected chi connectivity index (χ2v) is 7.89. The molecule has 3 rings (SSSR count). The molecule has 0 bridgehead atoms. The van der Waals surface area contributed by atoms with E-state index in [2.05, 4.69) is 20.9 Å². The number of rotatable bonds is 5. The van der Waals surface area contributed by atoms with Gasteiger partial charge in [0.1, 0.15) is 23.0 Å². The van der Waals surface area contributed by atoms with Crippen molar-refractivity contribution in [2.45, 2.75) is 13.5 Å². The van der Waals surface area contributed by atoms with E-state index in [0.29, 0.717) is 5.01 Å². The molecule has 134 valence electrons. The maximum absolute atomic E-state index is 14.2. The lowest BCUT2D eigenvalue weighted by molar-refractivity contribution is 0.0991. The Morgan fingerprint density at radius 2 is 2.08 bits per heavy atom. The molecule has 0 aliphatic heterocycles. The van der Waals surface area contributed by atoms with Crippen molar-refractivity contribution in [3.63, 3.8) is 0 Å². The molecule has 1 heterocycles. The molecule has 1 aromatic heterocycles. The predicted octanol–water partition coefficient (Wildman–Crippen LogP) is 4.84. The normalized spacial score (nSPS) is 10.8. The molecule has 2 N–H and O–H groups in total. The number of nitrogens with two attached hydrogens (primary N) is 1. The molecule has 4 nitrogen and oxygen atoms in total. The van der Waals surface area contributed by atoms with Gasteiger partial charge in [0.15, 0.2) is 11.6 Å². The van der Waals surface area contributed by atoms with Crippen molar-refractivity contribution in [1.82, 2.24) is 4.98 Å². The number of carbonyl (C=O) groups is 1. The first kappa shape index (κ1) is 18.5. The van der Waals surface area contributed by atoms with E-state index in [1.54, 1.807) is 0 Å². The molecular formula is C18H13BrF2N2O2S. The quantitative estimate of drug-likeness (QED) is 0.619. The maximum atomic E-state index is 14.2. The molecule has 0 spiro atoms. The molecule has 0 saturated carbocycles. The molecule has 0 unspecified atom stereocenters. The lowest BCUT2D eigenvalue weighted by atomic mass is 10.1. The van der Waals surface area contributed by atoms with Gasteiger partial charge in [-0.25, -0.2) is 13.8 Å². The van der Waals surface area contributed by atoms with E-state index in [1.165, 1.54) is 11.3 Å². The Kier molecular flexibility index (Phi) is 5.33. The fourth-order valence-electron chi connectivity index (χ4n) is 2.39. The summed E-state index contributed by atoms with van der Waals surface area (Å²) in [6.07, 6.45) is 0. The minimum atomic E-state index is -1.19. The summed E-state index contributed by atoms with van der Waals surface area (Å²) in [5.74, 6) is -3.60. The lowest BCUT2D eigenvalue weighted by Crippen LogP contribution is -2.16. The van der Waals surface area contributed by atoms with Gasteiger partial charge in [0, 0.05) is 5.56 Å². The average Bonchev–Trinajstić information content (AvgIpc) is 2.95. The molecule has 2 aromatic carbocycles. The summed E-state index contributed by atoms with van der Waals surface area (Å²) in [5, 5.41) is 0.595. The highest BCUT2D eigenvalue weighted by Crippen LogP contribution is 2.34. The highest BCUT2D eigenvalue weighted by molar-refractivity contribution is 9.11. The number of benzene rings is 2. The van der Waals surface area contributed by atoms with Gasteiger partial charge in [0.25, 0.3) is 5.91 Å². The van der Waals surface area contributed by atoms with Gasteiger partial charge in [0.05, 0.1) is 9.48 Å². The SMILES string of the molecule is Cc1cccc(-c2nc(COc3ccc(F)c(C(N)=O)c3F)sc2Br)c1. The highest BCUT2D eigenvalue weighted by Gasteiger charge is 2.20. The van der Waals surface area contributed by atoms with Crippen molar-refractivity contribution in [3.8, 4) is 17.0 Å². The Morgan fingerprint density at radius 1 is 1.31 bits per heavy atom. The zero-order valence-electron chi connectivity index (χ0n) is 13.6. The van der Waals surface area contributed by atoms with Crippen molar-refractivity contribution in [1.29, 1.82) is 0 Å². The number of primary amides is 1. The summed E-state index contributed by atoms with van der Waals surface area (Å²) in [5.41, 5.74) is 6.99. The number of amides is 1. The fourth-order valence-corrected chi connectivity index (χ4v) is 3.99. The molecule has 0 aliphatic carbocycles. The molecule has 1 amide bonds. The Morgan fingerprint density at radius 3 is 2.77 bits per heavy atom. The molecule has 0 atom stereocenters. The highest BCUT2D eigenvalue weighted by atomic mass is 79.9.